The van der Waals surface area contributed by atoms with Gasteiger partial charge in [0, 0.05) is 51.0 Å². The number of hydrogen-bond acceptors (Lipinski definition) is 5. The van der Waals surface area contributed by atoms with Crippen LogP contribution >= 0.6 is 0 Å². The highest BCUT2D eigenvalue weighted by Gasteiger charge is 2.18. The summed E-state index contributed by atoms with van der Waals surface area (Å²) in [6.07, 6.45) is 0.139. The van der Waals surface area contributed by atoms with Gasteiger partial charge in [0.25, 0.3) is 0 Å². The van der Waals surface area contributed by atoms with Crippen LogP contribution < -0.4 is 15.4 Å². The van der Waals surface area contributed by atoms with E-state index in [0.717, 1.165) is 45.0 Å². The fraction of sp³-hybridized carbons (Fsp3) is 0.647. The predicted molar refractivity (Wildman–Crippen MR) is 93.8 cm³/mol. The SMILES string of the molecule is CC(C)Oc1cc(N2CCN(CCN(C)C)CC2)ccc1N. The molecule has 1 heterocycles. The fourth-order valence-corrected chi connectivity index (χ4v) is 2.65. The molecule has 0 unspecified atom stereocenters. The molecular formula is C17H30N4O. The van der Waals surface area contributed by atoms with Crippen LogP contribution in [0.5, 0.6) is 5.75 Å². The minimum atomic E-state index is 0.139. The van der Waals surface area contributed by atoms with E-state index in [9.17, 15) is 0 Å². The average Bonchev–Trinajstić information content (AvgIpc) is 2.47. The first kappa shape index (κ1) is 16.9. The largest absolute Gasteiger partial charge is 0.489 e. The summed E-state index contributed by atoms with van der Waals surface area (Å²) in [5, 5.41) is 0. The molecule has 1 aromatic carbocycles. The van der Waals surface area contributed by atoms with E-state index >= 15 is 0 Å². The average molecular weight is 306 g/mol. The number of nitrogen functional groups attached to an aromatic ring is 1. The molecule has 22 heavy (non-hydrogen) atoms. The lowest BCUT2D eigenvalue weighted by Crippen LogP contribution is -2.48. The molecule has 5 nitrogen and oxygen atoms in total. The second-order valence-electron chi connectivity index (χ2n) is 6.52. The number of rotatable bonds is 6. The molecule has 1 aliphatic heterocycles. The van der Waals surface area contributed by atoms with Crippen LogP contribution in [0.3, 0.4) is 0 Å². The molecule has 5 heteroatoms. The van der Waals surface area contributed by atoms with Gasteiger partial charge in [-0.15, -0.1) is 0 Å². The Kier molecular flexibility index (Phi) is 5.91. The van der Waals surface area contributed by atoms with Crippen LogP contribution in [0, 0.1) is 0 Å². The number of likely N-dealkylation sites (N-methyl/N-ethyl adjacent to an activating group) is 1. The van der Waals surface area contributed by atoms with E-state index in [1.54, 1.807) is 0 Å². The molecule has 0 aromatic heterocycles. The third-order valence-corrected chi connectivity index (χ3v) is 3.96. The van der Waals surface area contributed by atoms with Crippen LogP contribution in [-0.4, -0.2) is 69.3 Å². The van der Waals surface area contributed by atoms with E-state index in [4.69, 9.17) is 10.5 Å². The van der Waals surface area contributed by atoms with Gasteiger partial charge in [0.15, 0.2) is 0 Å². The molecule has 0 amide bonds. The number of ether oxygens (including phenoxy) is 1. The Morgan fingerprint density at radius 3 is 2.45 bits per heavy atom. The van der Waals surface area contributed by atoms with Gasteiger partial charge in [0.2, 0.25) is 0 Å². The highest BCUT2D eigenvalue weighted by molar-refractivity contribution is 5.62. The third kappa shape index (κ3) is 4.78. The summed E-state index contributed by atoms with van der Waals surface area (Å²) in [5.74, 6) is 0.794. The molecule has 1 aliphatic rings. The Labute approximate surface area is 134 Å². The van der Waals surface area contributed by atoms with E-state index in [2.05, 4.69) is 40.9 Å². The van der Waals surface area contributed by atoms with E-state index in [1.807, 2.05) is 19.9 Å². The Morgan fingerprint density at radius 1 is 1.18 bits per heavy atom. The van der Waals surface area contributed by atoms with E-state index in [0.29, 0.717) is 5.69 Å². The second-order valence-corrected chi connectivity index (χ2v) is 6.52. The second kappa shape index (κ2) is 7.70. The summed E-state index contributed by atoms with van der Waals surface area (Å²) < 4.78 is 5.79. The first-order valence-corrected chi connectivity index (χ1v) is 8.14. The van der Waals surface area contributed by atoms with Crippen LogP contribution in [0.1, 0.15) is 13.8 Å². The molecule has 1 fully saturated rings. The quantitative estimate of drug-likeness (QED) is 0.811. The lowest BCUT2D eigenvalue weighted by Gasteiger charge is -2.36. The Bertz CT molecular complexity index is 468. The lowest BCUT2D eigenvalue weighted by atomic mass is 10.2. The van der Waals surface area contributed by atoms with Gasteiger partial charge in [0.05, 0.1) is 11.8 Å². The summed E-state index contributed by atoms with van der Waals surface area (Å²) >= 11 is 0. The van der Waals surface area contributed by atoms with Crippen molar-refractivity contribution >= 4 is 11.4 Å². The molecule has 0 atom stereocenters. The smallest absolute Gasteiger partial charge is 0.144 e. The molecule has 0 radical (unpaired) electrons. The molecular weight excluding hydrogens is 276 g/mol. The van der Waals surface area contributed by atoms with Crippen molar-refractivity contribution in [3.8, 4) is 5.75 Å². The van der Waals surface area contributed by atoms with Gasteiger partial charge < -0.3 is 20.3 Å². The van der Waals surface area contributed by atoms with Crippen LogP contribution in [0.4, 0.5) is 11.4 Å². The van der Waals surface area contributed by atoms with Crippen molar-refractivity contribution < 1.29 is 4.74 Å². The molecule has 0 bridgehead atoms. The zero-order valence-corrected chi connectivity index (χ0v) is 14.4. The predicted octanol–water partition coefficient (Wildman–Crippen LogP) is 1.74. The van der Waals surface area contributed by atoms with Gasteiger partial charge in [-0.2, -0.15) is 0 Å². The van der Waals surface area contributed by atoms with Crippen LogP contribution in [-0.2, 0) is 0 Å². The normalized spacial score (nSPS) is 16.5. The summed E-state index contributed by atoms with van der Waals surface area (Å²) in [7, 11) is 4.25. The van der Waals surface area contributed by atoms with Crippen molar-refractivity contribution in [2.75, 3.05) is 64.0 Å². The monoisotopic (exact) mass is 306 g/mol. The Balaban J connectivity index is 1.93. The zero-order valence-electron chi connectivity index (χ0n) is 14.4. The highest BCUT2D eigenvalue weighted by Crippen LogP contribution is 2.29. The summed E-state index contributed by atoms with van der Waals surface area (Å²) in [6.45, 7) is 10.6. The zero-order chi connectivity index (χ0) is 16.1. The number of benzene rings is 1. The van der Waals surface area contributed by atoms with E-state index < -0.39 is 0 Å². The van der Waals surface area contributed by atoms with Gasteiger partial charge in [-0.3, -0.25) is 4.90 Å². The van der Waals surface area contributed by atoms with Crippen molar-refractivity contribution in [2.45, 2.75) is 20.0 Å². The molecule has 0 aliphatic carbocycles. The fourth-order valence-electron chi connectivity index (χ4n) is 2.65. The van der Waals surface area contributed by atoms with Crippen LogP contribution in [0.2, 0.25) is 0 Å². The molecule has 0 spiro atoms. The van der Waals surface area contributed by atoms with Gasteiger partial charge in [-0.05, 0) is 40.1 Å². The van der Waals surface area contributed by atoms with E-state index in [1.165, 1.54) is 5.69 Å². The number of hydrogen-bond donors (Lipinski definition) is 1. The van der Waals surface area contributed by atoms with Crippen molar-refractivity contribution in [1.29, 1.82) is 0 Å². The van der Waals surface area contributed by atoms with Crippen LogP contribution in [0.25, 0.3) is 0 Å². The van der Waals surface area contributed by atoms with Gasteiger partial charge >= 0.3 is 0 Å². The van der Waals surface area contributed by atoms with Crippen molar-refractivity contribution in [3.05, 3.63) is 18.2 Å². The van der Waals surface area contributed by atoms with Crippen molar-refractivity contribution in [2.24, 2.45) is 0 Å². The topological polar surface area (TPSA) is 45.0 Å². The molecule has 0 saturated carbocycles. The first-order chi connectivity index (χ1) is 10.5. The number of nitrogens with zero attached hydrogens (tertiary/aromatic N) is 3. The van der Waals surface area contributed by atoms with Crippen molar-refractivity contribution in [3.63, 3.8) is 0 Å². The Hall–Kier alpha value is -1.46. The van der Waals surface area contributed by atoms with Crippen molar-refractivity contribution in [1.82, 2.24) is 9.80 Å². The molecule has 124 valence electrons. The molecule has 1 saturated heterocycles. The number of piperazine rings is 1. The molecule has 2 N–H and O–H groups in total. The summed E-state index contributed by atoms with van der Waals surface area (Å²) in [6, 6.07) is 6.12. The highest BCUT2D eigenvalue weighted by atomic mass is 16.5. The standard InChI is InChI=1S/C17H30N4O/c1-14(2)22-17-13-15(5-6-16(17)18)21-11-9-20(10-12-21)8-7-19(3)4/h5-6,13-14H,7-12,18H2,1-4H3. The summed E-state index contributed by atoms with van der Waals surface area (Å²) in [5.41, 5.74) is 7.92. The molecule has 2 rings (SSSR count). The van der Waals surface area contributed by atoms with Gasteiger partial charge in [0.1, 0.15) is 5.75 Å². The minimum Gasteiger partial charge on any atom is -0.489 e. The maximum atomic E-state index is 6.00. The van der Waals surface area contributed by atoms with Gasteiger partial charge in [-0.25, -0.2) is 0 Å². The summed E-state index contributed by atoms with van der Waals surface area (Å²) in [4.78, 5) is 7.18. The van der Waals surface area contributed by atoms with Gasteiger partial charge in [-0.1, -0.05) is 0 Å². The maximum absolute atomic E-state index is 6.00. The third-order valence-electron chi connectivity index (χ3n) is 3.96. The lowest BCUT2D eigenvalue weighted by molar-refractivity contribution is 0.229. The minimum absolute atomic E-state index is 0.139. The maximum Gasteiger partial charge on any atom is 0.144 e. The van der Waals surface area contributed by atoms with Crippen LogP contribution in [0.15, 0.2) is 18.2 Å². The molecule has 1 aromatic rings. The first-order valence-electron chi connectivity index (χ1n) is 8.14. The number of anilines is 2. The van der Waals surface area contributed by atoms with E-state index in [-0.39, 0.29) is 6.10 Å². The number of nitrogens with two attached hydrogens (primary N) is 1. The Morgan fingerprint density at radius 2 is 1.86 bits per heavy atom.